The summed E-state index contributed by atoms with van der Waals surface area (Å²) in [6.07, 6.45) is 5.84. The van der Waals surface area contributed by atoms with Gasteiger partial charge in [-0.25, -0.2) is 9.78 Å². The van der Waals surface area contributed by atoms with Crippen molar-refractivity contribution in [3.05, 3.63) is 34.0 Å². The highest BCUT2D eigenvalue weighted by molar-refractivity contribution is 7.11. The molecule has 0 saturated heterocycles. The van der Waals surface area contributed by atoms with Crippen molar-refractivity contribution in [3.63, 3.8) is 0 Å². The first kappa shape index (κ1) is 16.4. The quantitative estimate of drug-likeness (QED) is 0.737. The van der Waals surface area contributed by atoms with E-state index in [1.165, 1.54) is 0 Å². The van der Waals surface area contributed by atoms with Crippen LogP contribution in [0.2, 0.25) is 0 Å². The number of aliphatic hydroxyl groups is 1. The number of hydrogen-bond acceptors (Lipinski definition) is 5. The number of aromatic nitrogens is 3. The maximum atomic E-state index is 11.8. The number of aryl methyl sites for hydroxylation is 2. The third kappa shape index (κ3) is 4.54. The molecule has 0 fully saturated rings. The van der Waals surface area contributed by atoms with E-state index in [0.717, 1.165) is 9.88 Å². The smallest absolute Gasteiger partial charge is 0.314 e. The van der Waals surface area contributed by atoms with Crippen molar-refractivity contribution in [2.24, 2.45) is 7.05 Å². The first-order chi connectivity index (χ1) is 10.4. The highest BCUT2D eigenvalue weighted by Gasteiger charge is 2.25. The average molecular weight is 323 g/mol. The molecule has 22 heavy (non-hydrogen) atoms. The van der Waals surface area contributed by atoms with E-state index in [9.17, 15) is 9.90 Å². The maximum absolute atomic E-state index is 11.8. The van der Waals surface area contributed by atoms with E-state index >= 15 is 0 Å². The van der Waals surface area contributed by atoms with Crippen LogP contribution in [0.5, 0.6) is 0 Å². The lowest BCUT2D eigenvalue weighted by atomic mass is 10.00. The summed E-state index contributed by atoms with van der Waals surface area (Å²) in [5, 5.41) is 20.8. The zero-order valence-electron chi connectivity index (χ0n) is 13.0. The third-order valence-corrected chi connectivity index (χ3v) is 4.19. The molecule has 120 valence electrons. The van der Waals surface area contributed by atoms with Gasteiger partial charge in [0, 0.05) is 42.8 Å². The first-order valence-electron chi connectivity index (χ1n) is 7.01. The van der Waals surface area contributed by atoms with Crippen LogP contribution in [0.4, 0.5) is 4.79 Å². The summed E-state index contributed by atoms with van der Waals surface area (Å²) >= 11 is 1.62. The highest BCUT2D eigenvalue weighted by atomic mass is 32.1. The van der Waals surface area contributed by atoms with Crippen LogP contribution in [-0.4, -0.2) is 39.0 Å². The van der Waals surface area contributed by atoms with Gasteiger partial charge in [-0.15, -0.1) is 11.3 Å². The summed E-state index contributed by atoms with van der Waals surface area (Å²) < 4.78 is 1.61. The van der Waals surface area contributed by atoms with Gasteiger partial charge >= 0.3 is 6.03 Å². The van der Waals surface area contributed by atoms with E-state index in [2.05, 4.69) is 20.7 Å². The van der Waals surface area contributed by atoms with Crippen LogP contribution in [0.3, 0.4) is 0 Å². The van der Waals surface area contributed by atoms with E-state index < -0.39 is 5.60 Å². The Morgan fingerprint density at radius 2 is 2.23 bits per heavy atom. The van der Waals surface area contributed by atoms with Gasteiger partial charge in [-0.1, -0.05) is 0 Å². The van der Waals surface area contributed by atoms with Crippen molar-refractivity contribution < 1.29 is 9.90 Å². The summed E-state index contributed by atoms with van der Waals surface area (Å²) in [6.45, 7) is 4.26. The molecular weight excluding hydrogens is 302 g/mol. The summed E-state index contributed by atoms with van der Waals surface area (Å²) in [5.74, 6) is 0. The van der Waals surface area contributed by atoms with E-state index in [1.807, 2.05) is 13.1 Å². The van der Waals surface area contributed by atoms with E-state index in [1.54, 1.807) is 42.4 Å². The first-order valence-corrected chi connectivity index (χ1v) is 7.83. The number of carbonyl (C=O) groups is 1. The van der Waals surface area contributed by atoms with E-state index in [4.69, 9.17) is 0 Å². The molecular formula is C14H21N5O2S. The molecule has 2 aromatic rings. The third-order valence-electron chi connectivity index (χ3n) is 3.21. The van der Waals surface area contributed by atoms with Gasteiger partial charge < -0.3 is 15.7 Å². The predicted octanol–water partition coefficient (Wildman–Crippen LogP) is 0.934. The number of amides is 2. The minimum absolute atomic E-state index is 0.112. The molecule has 0 saturated carbocycles. The molecule has 8 heteroatoms. The maximum Gasteiger partial charge on any atom is 0.314 e. The lowest BCUT2D eigenvalue weighted by Crippen LogP contribution is -2.43. The summed E-state index contributed by atoms with van der Waals surface area (Å²) in [5.41, 5.74) is -0.494. The molecule has 0 aliphatic heterocycles. The summed E-state index contributed by atoms with van der Waals surface area (Å²) in [4.78, 5) is 17.1. The molecule has 0 bridgehead atoms. The second kappa shape index (κ2) is 6.89. The van der Waals surface area contributed by atoms with Gasteiger partial charge in [0.25, 0.3) is 0 Å². The van der Waals surface area contributed by atoms with Crippen LogP contribution < -0.4 is 10.6 Å². The molecule has 2 aromatic heterocycles. The Bertz CT molecular complexity index is 635. The lowest BCUT2D eigenvalue weighted by Gasteiger charge is -2.22. The van der Waals surface area contributed by atoms with Crippen LogP contribution >= 0.6 is 11.3 Å². The monoisotopic (exact) mass is 323 g/mol. The topological polar surface area (TPSA) is 92.1 Å². The van der Waals surface area contributed by atoms with Gasteiger partial charge in [-0.3, -0.25) is 4.68 Å². The zero-order chi connectivity index (χ0) is 16.2. The van der Waals surface area contributed by atoms with Crippen LogP contribution in [0.1, 0.15) is 22.4 Å². The molecule has 1 atom stereocenters. The normalized spacial score (nSPS) is 13.6. The SMILES string of the molecule is Cc1cnc(CCNC(=O)NCC(C)(O)c2cnn(C)c2)s1. The van der Waals surface area contributed by atoms with Crippen LogP contribution in [-0.2, 0) is 19.1 Å². The Morgan fingerprint density at radius 1 is 1.45 bits per heavy atom. The molecule has 0 aliphatic rings. The number of carbonyl (C=O) groups excluding carboxylic acids is 1. The number of nitrogens with zero attached hydrogens (tertiary/aromatic N) is 3. The standard InChI is InChI=1S/C14H21N5O2S/c1-10-6-16-12(22-10)4-5-15-13(20)17-9-14(2,21)11-7-18-19(3)8-11/h6-8,21H,4-5,9H2,1-3H3,(H2,15,17,20). The predicted molar refractivity (Wildman–Crippen MR) is 84.7 cm³/mol. The highest BCUT2D eigenvalue weighted by Crippen LogP contribution is 2.18. The molecule has 1 unspecified atom stereocenters. The Morgan fingerprint density at radius 3 is 2.82 bits per heavy atom. The number of thiazole rings is 1. The van der Waals surface area contributed by atoms with Crippen LogP contribution in [0.25, 0.3) is 0 Å². The number of rotatable bonds is 6. The second-order valence-corrected chi connectivity index (χ2v) is 6.72. The van der Waals surface area contributed by atoms with Crippen molar-refractivity contribution in [1.82, 2.24) is 25.4 Å². The molecule has 7 nitrogen and oxygen atoms in total. The van der Waals surface area contributed by atoms with E-state index in [0.29, 0.717) is 18.5 Å². The van der Waals surface area contributed by atoms with Crippen LogP contribution in [0.15, 0.2) is 18.6 Å². The van der Waals surface area contributed by atoms with Crippen molar-refractivity contribution in [2.45, 2.75) is 25.9 Å². The van der Waals surface area contributed by atoms with Gasteiger partial charge in [0.05, 0.1) is 17.7 Å². The number of nitrogens with one attached hydrogen (secondary N) is 2. The van der Waals surface area contributed by atoms with Crippen molar-refractivity contribution >= 4 is 17.4 Å². The lowest BCUT2D eigenvalue weighted by molar-refractivity contribution is 0.0593. The molecule has 0 aromatic carbocycles. The molecule has 0 spiro atoms. The Balaban J connectivity index is 1.73. The largest absolute Gasteiger partial charge is 0.383 e. The Hall–Kier alpha value is -1.93. The summed E-state index contributed by atoms with van der Waals surface area (Å²) in [7, 11) is 1.78. The minimum Gasteiger partial charge on any atom is -0.383 e. The average Bonchev–Trinajstić information content (AvgIpc) is 3.06. The Kier molecular flexibility index (Phi) is 5.15. The Labute approximate surface area is 133 Å². The molecule has 2 amide bonds. The van der Waals surface area contributed by atoms with Crippen molar-refractivity contribution in [2.75, 3.05) is 13.1 Å². The van der Waals surface area contributed by atoms with Gasteiger partial charge in [-0.05, 0) is 13.8 Å². The molecule has 3 N–H and O–H groups in total. The second-order valence-electron chi connectivity index (χ2n) is 5.40. The molecule has 2 rings (SSSR count). The van der Waals surface area contributed by atoms with Gasteiger partial charge in [0.15, 0.2) is 0 Å². The van der Waals surface area contributed by atoms with Gasteiger partial charge in [-0.2, -0.15) is 5.10 Å². The minimum atomic E-state index is -1.15. The fourth-order valence-electron chi connectivity index (χ4n) is 1.92. The molecule has 0 radical (unpaired) electrons. The van der Waals surface area contributed by atoms with Crippen molar-refractivity contribution in [3.8, 4) is 0 Å². The fourth-order valence-corrected chi connectivity index (χ4v) is 2.70. The van der Waals surface area contributed by atoms with Gasteiger partial charge in [0.2, 0.25) is 0 Å². The fraction of sp³-hybridized carbons (Fsp3) is 0.500. The summed E-state index contributed by atoms with van der Waals surface area (Å²) in [6, 6.07) is -0.308. The molecule has 0 aliphatic carbocycles. The van der Waals surface area contributed by atoms with Crippen molar-refractivity contribution in [1.29, 1.82) is 0 Å². The number of hydrogen-bond donors (Lipinski definition) is 3. The molecule has 2 heterocycles. The number of urea groups is 1. The zero-order valence-corrected chi connectivity index (χ0v) is 13.8. The van der Waals surface area contributed by atoms with Crippen LogP contribution in [0, 0.1) is 6.92 Å². The van der Waals surface area contributed by atoms with E-state index in [-0.39, 0.29) is 12.6 Å². The van der Waals surface area contributed by atoms with Gasteiger partial charge in [0.1, 0.15) is 5.60 Å².